The van der Waals surface area contributed by atoms with E-state index in [1.807, 2.05) is 0 Å². The molecule has 2 atom stereocenters. The second-order valence-electron chi connectivity index (χ2n) is 8.22. The number of alkyl halides is 3. The van der Waals surface area contributed by atoms with E-state index in [1.165, 1.54) is 12.4 Å². The predicted molar refractivity (Wildman–Crippen MR) is 128 cm³/mol. The summed E-state index contributed by atoms with van der Waals surface area (Å²) >= 11 is 0. The van der Waals surface area contributed by atoms with Crippen LogP contribution >= 0.6 is 0 Å². The Morgan fingerprint density at radius 3 is 2.49 bits per heavy atom. The summed E-state index contributed by atoms with van der Waals surface area (Å²) in [5.41, 5.74) is 1.60. The van der Waals surface area contributed by atoms with E-state index >= 15 is 0 Å². The van der Waals surface area contributed by atoms with E-state index < -0.39 is 39.9 Å². The number of hydrogen-bond acceptors (Lipinski definition) is 8. The highest BCUT2D eigenvalue weighted by Gasteiger charge is 2.36. The van der Waals surface area contributed by atoms with Crippen LogP contribution < -0.4 is 14.8 Å². The summed E-state index contributed by atoms with van der Waals surface area (Å²) in [4.78, 5) is 29.0. The first-order valence-corrected chi connectivity index (χ1v) is 12.9. The highest BCUT2D eigenvalue weighted by molar-refractivity contribution is 7.93. The fourth-order valence-electron chi connectivity index (χ4n) is 3.40. The summed E-state index contributed by atoms with van der Waals surface area (Å²) in [6.07, 6.45) is -0.789. The van der Waals surface area contributed by atoms with Gasteiger partial charge in [-0.05, 0) is 37.5 Å². The Hall–Kier alpha value is -3.81. The van der Waals surface area contributed by atoms with Crippen molar-refractivity contribution in [1.82, 2.24) is 19.9 Å². The minimum atomic E-state index is -3.54. The van der Waals surface area contributed by atoms with E-state index in [2.05, 4.69) is 34.7 Å². The van der Waals surface area contributed by atoms with Gasteiger partial charge in [-0.25, -0.2) is 32.2 Å². The predicted octanol–water partition coefficient (Wildman–Crippen LogP) is 3.91. The molecule has 1 fully saturated rings. The second kappa shape index (κ2) is 11.1. The van der Waals surface area contributed by atoms with E-state index in [9.17, 15) is 26.4 Å². The largest absolute Gasteiger partial charge is 0.436 e. The van der Waals surface area contributed by atoms with Crippen LogP contribution in [-0.2, 0) is 14.8 Å². The van der Waals surface area contributed by atoms with Gasteiger partial charge in [0.25, 0.3) is 6.36 Å². The molecule has 37 heavy (non-hydrogen) atoms. The number of aromatic nitrogens is 4. The maximum Gasteiger partial charge on any atom is 0.304 e. The van der Waals surface area contributed by atoms with Crippen molar-refractivity contribution in [3.63, 3.8) is 0 Å². The summed E-state index contributed by atoms with van der Waals surface area (Å²) in [5, 5.41) is 2.35. The Kier molecular flexibility index (Phi) is 7.86. The van der Waals surface area contributed by atoms with Crippen molar-refractivity contribution in [1.29, 1.82) is 0 Å². The van der Waals surface area contributed by atoms with Gasteiger partial charge in [0, 0.05) is 17.4 Å². The lowest BCUT2D eigenvalue weighted by molar-refractivity contribution is -0.117. The fourth-order valence-corrected chi connectivity index (χ4v) is 4.67. The number of nitrogens with one attached hydrogen (secondary N) is 2. The number of carbonyl (C=O) groups excluding carboxylic acids is 1. The lowest BCUT2D eigenvalue weighted by atomic mass is 10.0. The summed E-state index contributed by atoms with van der Waals surface area (Å²) in [6.45, 7) is 1.80. The van der Waals surface area contributed by atoms with Gasteiger partial charge in [-0.3, -0.25) is 14.5 Å². The van der Waals surface area contributed by atoms with Gasteiger partial charge < -0.3 is 10.1 Å². The Balaban J connectivity index is 1.43. The molecule has 0 aliphatic heterocycles. The van der Waals surface area contributed by atoms with E-state index in [1.54, 1.807) is 37.3 Å². The van der Waals surface area contributed by atoms with Crippen molar-refractivity contribution in [3.05, 3.63) is 54.6 Å². The first-order valence-electron chi connectivity index (χ1n) is 11.3. The van der Waals surface area contributed by atoms with Crippen LogP contribution in [0.3, 0.4) is 0 Å². The maximum absolute atomic E-state index is 13.1. The van der Waals surface area contributed by atoms with Crippen molar-refractivity contribution in [3.8, 4) is 17.1 Å². The zero-order chi connectivity index (χ0) is 26.6. The molecule has 0 radical (unpaired) electrons. The molecule has 1 aliphatic rings. The molecular formula is C23H23F3N6O4S. The SMILES string of the molecule is CCC(C(=O)Nc1ccc(-c2cncc(OC(F)C(F)F)n2)cc1)c1ccnc(NS(=O)(=O)C2CC2)n1. The van der Waals surface area contributed by atoms with Crippen molar-refractivity contribution < 1.29 is 31.1 Å². The first kappa shape index (κ1) is 26.3. The van der Waals surface area contributed by atoms with E-state index in [0.717, 1.165) is 6.20 Å². The number of amides is 1. The van der Waals surface area contributed by atoms with E-state index in [4.69, 9.17) is 0 Å². The van der Waals surface area contributed by atoms with Gasteiger partial charge in [0.15, 0.2) is 0 Å². The molecule has 196 valence electrons. The molecule has 0 bridgehead atoms. The quantitative estimate of drug-likeness (QED) is 0.377. The van der Waals surface area contributed by atoms with Crippen LogP contribution in [-0.4, -0.2) is 52.3 Å². The molecule has 4 rings (SSSR count). The van der Waals surface area contributed by atoms with Gasteiger partial charge in [0.1, 0.15) is 0 Å². The number of ether oxygens (including phenoxy) is 1. The van der Waals surface area contributed by atoms with Gasteiger partial charge >= 0.3 is 6.43 Å². The highest BCUT2D eigenvalue weighted by atomic mass is 32.2. The number of benzene rings is 1. The molecule has 3 aromatic rings. The normalized spacial score (nSPS) is 15.2. The number of rotatable bonds is 11. The molecular weight excluding hydrogens is 513 g/mol. The summed E-state index contributed by atoms with van der Waals surface area (Å²) in [5.74, 6) is -1.51. The third kappa shape index (κ3) is 6.70. The monoisotopic (exact) mass is 536 g/mol. The number of sulfonamides is 1. The van der Waals surface area contributed by atoms with Gasteiger partial charge in [-0.15, -0.1) is 0 Å². The first-order chi connectivity index (χ1) is 17.7. The van der Waals surface area contributed by atoms with Gasteiger partial charge in [0.2, 0.25) is 27.8 Å². The van der Waals surface area contributed by atoms with Gasteiger partial charge in [-0.1, -0.05) is 19.1 Å². The topological polar surface area (TPSA) is 136 Å². The average molecular weight is 537 g/mol. The summed E-state index contributed by atoms with van der Waals surface area (Å²) < 4.78 is 69.1. The zero-order valence-corrected chi connectivity index (χ0v) is 20.3. The average Bonchev–Trinajstić information content (AvgIpc) is 3.72. The molecule has 0 saturated heterocycles. The third-order valence-corrected chi connectivity index (χ3v) is 7.26. The van der Waals surface area contributed by atoms with Crippen LogP contribution in [0.2, 0.25) is 0 Å². The summed E-state index contributed by atoms with van der Waals surface area (Å²) in [7, 11) is -3.54. The Morgan fingerprint density at radius 2 is 1.84 bits per heavy atom. The molecule has 2 unspecified atom stereocenters. The molecule has 1 saturated carbocycles. The minimum Gasteiger partial charge on any atom is -0.436 e. The fraction of sp³-hybridized carbons (Fsp3) is 0.348. The number of hydrogen-bond donors (Lipinski definition) is 2. The molecule has 2 aromatic heterocycles. The molecule has 1 aromatic carbocycles. The molecule has 10 nitrogen and oxygen atoms in total. The molecule has 0 spiro atoms. The zero-order valence-electron chi connectivity index (χ0n) is 19.5. The van der Waals surface area contributed by atoms with Gasteiger partial charge in [0.05, 0.1) is 34.9 Å². The summed E-state index contributed by atoms with van der Waals surface area (Å²) in [6, 6.07) is 7.97. The Morgan fingerprint density at radius 1 is 1.11 bits per heavy atom. The number of halogens is 3. The van der Waals surface area contributed by atoms with Crippen LogP contribution in [0.5, 0.6) is 5.88 Å². The second-order valence-corrected chi connectivity index (χ2v) is 10.2. The molecule has 1 amide bonds. The van der Waals surface area contributed by atoms with Crippen molar-refractivity contribution >= 4 is 27.6 Å². The standard InChI is InChI=1S/C23H23F3N6O4S/c1-2-16(17-9-10-28-23(31-17)32-37(34,35)15-7-8-15)22(33)29-14-5-3-13(4-6-14)18-11-27-12-19(30-18)36-21(26)20(24)25/h3-6,9-12,15-16,20-21H,2,7-8H2,1H3,(H,29,33)(H,28,31,32). The number of nitrogens with zero attached hydrogens (tertiary/aromatic N) is 4. The van der Waals surface area contributed by atoms with Crippen molar-refractivity contribution in [2.75, 3.05) is 10.0 Å². The highest BCUT2D eigenvalue weighted by Crippen LogP contribution is 2.29. The third-order valence-electron chi connectivity index (χ3n) is 5.45. The lowest BCUT2D eigenvalue weighted by Gasteiger charge is -2.16. The Bertz CT molecular complexity index is 1360. The maximum atomic E-state index is 13.1. The Labute approximate surface area is 210 Å². The van der Waals surface area contributed by atoms with E-state index in [-0.39, 0.29) is 17.5 Å². The number of anilines is 2. The minimum absolute atomic E-state index is 0.0834. The van der Waals surface area contributed by atoms with Crippen molar-refractivity contribution in [2.45, 2.75) is 50.1 Å². The van der Waals surface area contributed by atoms with Crippen LogP contribution in [0.25, 0.3) is 11.3 Å². The molecule has 2 N–H and O–H groups in total. The van der Waals surface area contributed by atoms with Crippen LogP contribution in [0, 0.1) is 0 Å². The van der Waals surface area contributed by atoms with Crippen LogP contribution in [0.1, 0.15) is 37.8 Å². The van der Waals surface area contributed by atoms with Crippen molar-refractivity contribution in [2.24, 2.45) is 0 Å². The van der Waals surface area contributed by atoms with Gasteiger partial charge in [-0.2, -0.15) is 4.39 Å². The van der Waals surface area contributed by atoms with E-state index in [0.29, 0.717) is 36.2 Å². The smallest absolute Gasteiger partial charge is 0.304 e. The number of carbonyl (C=O) groups is 1. The lowest BCUT2D eigenvalue weighted by Crippen LogP contribution is -2.23. The molecule has 2 heterocycles. The molecule has 1 aliphatic carbocycles. The molecule has 14 heteroatoms. The van der Waals surface area contributed by atoms with Crippen LogP contribution in [0.15, 0.2) is 48.9 Å². The van der Waals surface area contributed by atoms with Crippen LogP contribution in [0.4, 0.5) is 24.8 Å².